The van der Waals surface area contributed by atoms with Crippen molar-refractivity contribution >= 4 is 22.6 Å². The molecule has 0 aromatic heterocycles. The number of fused-ring (bicyclic) bond motifs is 1. The van der Waals surface area contributed by atoms with Gasteiger partial charge in [0.25, 0.3) is 0 Å². The second kappa shape index (κ2) is 8.91. The minimum Gasteiger partial charge on any atom is -0.357 e. The SMILES string of the molecule is CCNC(=NCC(=O)N(C)C)NCCc1ccc2ccccc2c1. The van der Waals surface area contributed by atoms with Crippen molar-refractivity contribution in [3.8, 4) is 0 Å². The molecular weight excluding hydrogens is 300 g/mol. The molecule has 0 aliphatic heterocycles. The monoisotopic (exact) mass is 326 g/mol. The van der Waals surface area contributed by atoms with Crippen LogP contribution in [0.5, 0.6) is 0 Å². The van der Waals surface area contributed by atoms with E-state index >= 15 is 0 Å². The molecule has 0 bridgehead atoms. The second-order valence-corrected chi connectivity index (χ2v) is 5.84. The molecule has 0 saturated heterocycles. The van der Waals surface area contributed by atoms with Crippen molar-refractivity contribution in [3.05, 3.63) is 48.0 Å². The molecule has 0 heterocycles. The largest absolute Gasteiger partial charge is 0.357 e. The van der Waals surface area contributed by atoms with Crippen LogP contribution < -0.4 is 10.6 Å². The van der Waals surface area contributed by atoms with Crippen LogP contribution in [0.4, 0.5) is 0 Å². The smallest absolute Gasteiger partial charge is 0.243 e. The lowest BCUT2D eigenvalue weighted by molar-refractivity contribution is -0.127. The molecule has 5 nitrogen and oxygen atoms in total. The van der Waals surface area contributed by atoms with Crippen molar-refractivity contribution in [2.75, 3.05) is 33.7 Å². The Kier molecular flexibility index (Phi) is 6.61. The van der Waals surface area contributed by atoms with E-state index in [1.165, 1.54) is 16.3 Å². The van der Waals surface area contributed by atoms with Crippen molar-refractivity contribution in [2.45, 2.75) is 13.3 Å². The maximum atomic E-state index is 11.6. The Labute approximate surface area is 143 Å². The van der Waals surface area contributed by atoms with E-state index < -0.39 is 0 Å². The molecule has 0 radical (unpaired) electrons. The van der Waals surface area contributed by atoms with E-state index in [0.717, 1.165) is 19.5 Å². The first-order chi connectivity index (χ1) is 11.6. The highest BCUT2D eigenvalue weighted by Crippen LogP contribution is 2.15. The Bertz CT molecular complexity index is 709. The lowest BCUT2D eigenvalue weighted by atomic mass is 10.1. The zero-order valence-corrected chi connectivity index (χ0v) is 14.7. The van der Waals surface area contributed by atoms with Gasteiger partial charge in [0.05, 0.1) is 0 Å². The van der Waals surface area contributed by atoms with Crippen LogP contribution in [-0.4, -0.2) is 50.5 Å². The minimum atomic E-state index is -0.0123. The predicted octanol–water partition coefficient (Wildman–Crippen LogP) is 2.03. The number of aliphatic imine (C=N–C) groups is 1. The molecule has 2 N–H and O–H groups in total. The van der Waals surface area contributed by atoms with E-state index in [4.69, 9.17) is 0 Å². The molecule has 2 rings (SSSR count). The van der Waals surface area contributed by atoms with Crippen molar-refractivity contribution < 1.29 is 4.79 Å². The Morgan fingerprint density at radius 3 is 2.54 bits per heavy atom. The zero-order valence-electron chi connectivity index (χ0n) is 14.7. The van der Waals surface area contributed by atoms with Crippen LogP contribution in [0.25, 0.3) is 10.8 Å². The average Bonchev–Trinajstić information content (AvgIpc) is 2.59. The summed E-state index contributed by atoms with van der Waals surface area (Å²) in [6.45, 7) is 3.69. The summed E-state index contributed by atoms with van der Waals surface area (Å²) in [5, 5.41) is 8.95. The summed E-state index contributed by atoms with van der Waals surface area (Å²) < 4.78 is 0. The van der Waals surface area contributed by atoms with Gasteiger partial charge in [0.1, 0.15) is 6.54 Å². The molecule has 0 aliphatic rings. The van der Waals surface area contributed by atoms with Gasteiger partial charge < -0.3 is 15.5 Å². The van der Waals surface area contributed by atoms with Crippen molar-refractivity contribution in [1.29, 1.82) is 0 Å². The van der Waals surface area contributed by atoms with E-state index in [0.29, 0.717) is 5.96 Å². The minimum absolute atomic E-state index is 0.0123. The number of rotatable bonds is 6. The lowest BCUT2D eigenvalue weighted by Crippen LogP contribution is -2.39. The summed E-state index contributed by atoms with van der Waals surface area (Å²) in [5.74, 6) is 0.662. The maximum absolute atomic E-state index is 11.6. The van der Waals surface area contributed by atoms with E-state index in [1.807, 2.05) is 6.92 Å². The van der Waals surface area contributed by atoms with Gasteiger partial charge in [-0.1, -0.05) is 42.5 Å². The van der Waals surface area contributed by atoms with E-state index in [-0.39, 0.29) is 12.5 Å². The van der Waals surface area contributed by atoms with Gasteiger partial charge in [-0.2, -0.15) is 0 Å². The molecule has 24 heavy (non-hydrogen) atoms. The Hall–Kier alpha value is -2.56. The standard InChI is InChI=1S/C19H26N4O/c1-4-20-19(22-14-18(24)23(2)3)21-12-11-15-9-10-16-7-5-6-8-17(16)13-15/h5-10,13H,4,11-12,14H2,1-3H3,(H2,20,21,22). The van der Waals surface area contributed by atoms with Gasteiger partial charge in [-0.15, -0.1) is 0 Å². The van der Waals surface area contributed by atoms with E-state index in [2.05, 4.69) is 58.1 Å². The number of amides is 1. The zero-order chi connectivity index (χ0) is 17.4. The summed E-state index contributed by atoms with van der Waals surface area (Å²) in [5.41, 5.74) is 1.28. The molecule has 5 heteroatoms. The highest BCUT2D eigenvalue weighted by atomic mass is 16.2. The van der Waals surface area contributed by atoms with Gasteiger partial charge in [-0.25, -0.2) is 4.99 Å². The van der Waals surface area contributed by atoms with Crippen LogP contribution in [0.15, 0.2) is 47.5 Å². The predicted molar refractivity (Wildman–Crippen MR) is 100 cm³/mol. The van der Waals surface area contributed by atoms with Crippen LogP contribution in [0.3, 0.4) is 0 Å². The summed E-state index contributed by atoms with van der Waals surface area (Å²) in [6.07, 6.45) is 0.900. The third-order valence-electron chi connectivity index (χ3n) is 3.74. The lowest BCUT2D eigenvalue weighted by Gasteiger charge is -2.13. The Morgan fingerprint density at radius 1 is 1.08 bits per heavy atom. The quantitative estimate of drug-likeness (QED) is 0.631. The highest BCUT2D eigenvalue weighted by molar-refractivity contribution is 5.85. The summed E-state index contributed by atoms with van der Waals surface area (Å²) in [4.78, 5) is 17.5. The molecule has 0 saturated carbocycles. The van der Waals surface area contributed by atoms with Crippen molar-refractivity contribution in [2.24, 2.45) is 4.99 Å². The number of guanidine groups is 1. The van der Waals surface area contributed by atoms with E-state index in [1.54, 1.807) is 19.0 Å². The topological polar surface area (TPSA) is 56.7 Å². The van der Waals surface area contributed by atoms with Gasteiger partial charge in [0.15, 0.2) is 5.96 Å². The fraction of sp³-hybridized carbons (Fsp3) is 0.368. The number of hydrogen-bond donors (Lipinski definition) is 2. The summed E-state index contributed by atoms with van der Waals surface area (Å²) >= 11 is 0. The molecule has 0 unspecified atom stereocenters. The molecule has 0 aliphatic carbocycles. The number of carbonyl (C=O) groups is 1. The normalized spacial score (nSPS) is 11.4. The van der Waals surface area contributed by atoms with Crippen LogP contribution in [0.1, 0.15) is 12.5 Å². The molecule has 1 amide bonds. The third-order valence-corrected chi connectivity index (χ3v) is 3.74. The highest BCUT2D eigenvalue weighted by Gasteiger charge is 2.04. The number of hydrogen-bond acceptors (Lipinski definition) is 2. The number of nitrogens with one attached hydrogen (secondary N) is 2. The third kappa shape index (κ3) is 5.26. The fourth-order valence-electron chi connectivity index (χ4n) is 2.35. The van der Waals surface area contributed by atoms with Gasteiger partial charge in [0, 0.05) is 27.2 Å². The number of carbonyl (C=O) groups excluding carboxylic acids is 1. The molecule has 0 fully saturated rings. The Morgan fingerprint density at radius 2 is 1.83 bits per heavy atom. The molecular formula is C19H26N4O. The van der Waals surface area contributed by atoms with Crippen LogP contribution in [0.2, 0.25) is 0 Å². The first-order valence-electron chi connectivity index (χ1n) is 8.30. The first kappa shape index (κ1) is 17.8. The first-order valence-corrected chi connectivity index (χ1v) is 8.30. The summed E-state index contributed by atoms with van der Waals surface area (Å²) in [7, 11) is 3.47. The van der Waals surface area contributed by atoms with Crippen LogP contribution in [0, 0.1) is 0 Å². The maximum Gasteiger partial charge on any atom is 0.243 e. The molecule has 0 spiro atoms. The molecule has 128 valence electrons. The number of benzene rings is 2. The van der Waals surface area contributed by atoms with E-state index in [9.17, 15) is 4.79 Å². The molecule has 0 atom stereocenters. The average molecular weight is 326 g/mol. The van der Waals surface area contributed by atoms with Crippen LogP contribution in [-0.2, 0) is 11.2 Å². The molecule has 2 aromatic rings. The molecule has 2 aromatic carbocycles. The van der Waals surface area contributed by atoms with Gasteiger partial charge in [0.2, 0.25) is 5.91 Å². The fourth-order valence-corrected chi connectivity index (χ4v) is 2.35. The second-order valence-electron chi connectivity index (χ2n) is 5.84. The van der Waals surface area contributed by atoms with Gasteiger partial charge in [-0.05, 0) is 29.7 Å². The van der Waals surface area contributed by atoms with Crippen LogP contribution >= 0.6 is 0 Å². The van der Waals surface area contributed by atoms with Crippen molar-refractivity contribution in [1.82, 2.24) is 15.5 Å². The van der Waals surface area contributed by atoms with Gasteiger partial charge in [-0.3, -0.25) is 4.79 Å². The summed E-state index contributed by atoms with van der Waals surface area (Å²) in [6, 6.07) is 14.9. The Balaban J connectivity index is 1.91. The van der Waals surface area contributed by atoms with Crippen molar-refractivity contribution in [3.63, 3.8) is 0 Å². The van der Waals surface area contributed by atoms with Gasteiger partial charge >= 0.3 is 0 Å². The number of nitrogens with zero attached hydrogens (tertiary/aromatic N) is 2. The number of likely N-dealkylation sites (N-methyl/N-ethyl adjacent to an activating group) is 1.